The summed E-state index contributed by atoms with van der Waals surface area (Å²) in [6.07, 6.45) is 9.89. The van der Waals surface area contributed by atoms with Crippen LogP contribution in [0.15, 0.2) is 41.6 Å². The molecule has 0 saturated heterocycles. The Morgan fingerprint density at radius 2 is 1.71 bits per heavy atom. The highest BCUT2D eigenvalue weighted by Gasteiger charge is 2.21. The standard InChI is InChI=1S/C27H38N2O6/c1-19(2)16-29(17-20(3)4)25(32)18-35-28-22-11-9-7-5-6-8-10-12-34-27(33)26-21(13-22)14-23(30)15-24(26)31/h6,8-9,11,14-15,19-20,30-31H,5,7,10,12-13,16-18H2,1-4H3. The lowest BCUT2D eigenvalue weighted by Crippen LogP contribution is -2.39. The molecule has 0 fully saturated rings. The number of cyclic esters (lactones) is 1. The molecule has 2 N–H and O–H groups in total. The molecule has 35 heavy (non-hydrogen) atoms. The maximum Gasteiger partial charge on any atom is 0.342 e. The van der Waals surface area contributed by atoms with Gasteiger partial charge in [0.2, 0.25) is 0 Å². The molecule has 0 bridgehead atoms. The zero-order valence-electron chi connectivity index (χ0n) is 21.2. The third-order valence-corrected chi connectivity index (χ3v) is 5.15. The number of amides is 1. The van der Waals surface area contributed by atoms with E-state index in [0.717, 1.165) is 18.9 Å². The molecule has 2 rings (SSSR count). The molecule has 192 valence electrons. The molecular formula is C27H38N2O6. The van der Waals surface area contributed by atoms with Gasteiger partial charge >= 0.3 is 5.97 Å². The molecule has 8 nitrogen and oxygen atoms in total. The van der Waals surface area contributed by atoms with E-state index in [0.29, 0.717) is 42.6 Å². The van der Waals surface area contributed by atoms with Gasteiger partial charge in [0, 0.05) is 25.6 Å². The van der Waals surface area contributed by atoms with Crippen molar-refractivity contribution in [1.29, 1.82) is 0 Å². The van der Waals surface area contributed by atoms with Crippen molar-refractivity contribution in [2.45, 2.75) is 53.4 Å². The van der Waals surface area contributed by atoms with E-state index >= 15 is 0 Å². The lowest BCUT2D eigenvalue weighted by molar-refractivity contribution is -0.137. The molecule has 1 aromatic carbocycles. The number of carbonyl (C=O) groups excluding carboxylic acids is 2. The van der Waals surface area contributed by atoms with E-state index in [9.17, 15) is 19.8 Å². The number of oxime groups is 1. The number of hydrogen-bond acceptors (Lipinski definition) is 7. The van der Waals surface area contributed by atoms with E-state index in [1.807, 2.05) is 18.2 Å². The van der Waals surface area contributed by atoms with Crippen LogP contribution >= 0.6 is 0 Å². The smallest absolute Gasteiger partial charge is 0.342 e. The fourth-order valence-electron chi connectivity index (χ4n) is 3.72. The Morgan fingerprint density at radius 1 is 1.06 bits per heavy atom. The normalized spacial score (nSPS) is 16.2. The molecule has 0 aromatic heterocycles. The summed E-state index contributed by atoms with van der Waals surface area (Å²) >= 11 is 0. The number of phenols is 2. The number of ether oxygens (including phenoxy) is 1. The van der Waals surface area contributed by atoms with Crippen LogP contribution in [0.2, 0.25) is 0 Å². The van der Waals surface area contributed by atoms with E-state index in [1.54, 1.807) is 11.0 Å². The van der Waals surface area contributed by atoms with Crippen LogP contribution in [0, 0.1) is 11.8 Å². The molecule has 0 radical (unpaired) electrons. The minimum atomic E-state index is -0.680. The van der Waals surface area contributed by atoms with Crippen LogP contribution in [0.5, 0.6) is 11.5 Å². The SMILES string of the molecule is CC(C)CN(CC(C)C)C(=O)CON=C1C=CCCC=CCCOC(=O)c2c(O)cc(O)cc2C1. The molecule has 0 aliphatic carbocycles. The molecule has 0 spiro atoms. The quantitative estimate of drug-likeness (QED) is 0.331. The molecule has 1 aliphatic rings. The van der Waals surface area contributed by atoms with Crippen LogP contribution < -0.4 is 0 Å². The number of nitrogens with zero attached hydrogens (tertiary/aromatic N) is 2. The Hall–Kier alpha value is -3.29. The number of aromatic hydroxyl groups is 2. The van der Waals surface area contributed by atoms with Crippen LogP contribution in [0.25, 0.3) is 0 Å². The molecule has 1 amide bonds. The second-order valence-electron chi connectivity index (χ2n) is 9.49. The number of hydrogen-bond donors (Lipinski definition) is 2. The summed E-state index contributed by atoms with van der Waals surface area (Å²) in [6.45, 7) is 9.49. The third kappa shape index (κ3) is 9.84. The first-order valence-corrected chi connectivity index (χ1v) is 12.2. The molecule has 1 aliphatic heterocycles. The number of benzene rings is 1. The number of esters is 1. The van der Waals surface area contributed by atoms with E-state index in [-0.39, 0.29) is 42.6 Å². The summed E-state index contributed by atoms with van der Waals surface area (Å²) in [7, 11) is 0. The molecular weight excluding hydrogens is 448 g/mol. The molecule has 0 unspecified atom stereocenters. The Morgan fingerprint density at radius 3 is 2.40 bits per heavy atom. The number of allylic oxidation sites excluding steroid dienone is 3. The van der Waals surface area contributed by atoms with Gasteiger partial charge in [0.05, 0.1) is 12.3 Å². The van der Waals surface area contributed by atoms with E-state index in [2.05, 4.69) is 32.9 Å². The van der Waals surface area contributed by atoms with Crippen molar-refractivity contribution in [2.75, 3.05) is 26.3 Å². The van der Waals surface area contributed by atoms with Gasteiger partial charge in [-0.05, 0) is 48.8 Å². The summed E-state index contributed by atoms with van der Waals surface area (Å²) in [6, 6.07) is 2.49. The maximum absolute atomic E-state index is 12.7. The van der Waals surface area contributed by atoms with Crippen LogP contribution in [-0.2, 0) is 20.8 Å². The van der Waals surface area contributed by atoms with Gasteiger partial charge in [0.15, 0.2) is 6.61 Å². The zero-order valence-corrected chi connectivity index (χ0v) is 21.2. The van der Waals surface area contributed by atoms with Gasteiger partial charge in [-0.15, -0.1) is 0 Å². The summed E-state index contributed by atoms with van der Waals surface area (Å²) in [5.74, 6) is -0.721. The van der Waals surface area contributed by atoms with E-state index < -0.39 is 5.97 Å². The number of rotatable bonds is 7. The Kier molecular flexibility index (Phi) is 11.3. The minimum Gasteiger partial charge on any atom is -0.508 e. The fourth-order valence-corrected chi connectivity index (χ4v) is 3.72. The van der Waals surface area contributed by atoms with Gasteiger partial charge in [-0.2, -0.15) is 0 Å². The van der Waals surface area contributed by atoms with Crippen molar-refractivity contribution < 1.29 is 29.4 Å². The van der Waals surface area contributed by atoms with Crippen molar-refractivity contribution >= 4 is 17.6 Å². The van der Waals surface area contributed by atoms with Crippen molar-refractivity contribution in [1.82, 2.24) is 4.90 Å². The van der Waals surface area contributed by atoms with Gasteiger partial charge in [0.25, 0.3) is 5.91 Å². The second-order valence-corrected chi connectivity index (χ2v) is 9.49. The first-order chi connectivity index (χ1) is 16.7. The lowest BCUT2D eigenvalue weighted by atomic mass is 10.00. The van der Waals surface area contributed by atoms with Gasteiger partial charge < -0.3 is 24.7 Å². The van der Waals surface area contributed by atoms with Gasteiger partial charge in [-0.25, -0.2) is 4.79 Å². The van der Waals surface area contributed by atoms with Crippen LogP contribution in [0.3, 0.4) is 0 Å². The van der Waals surface area contributed by atoms with Crippen LogP contribution in [0.4, 0.5) is 0 Å². The van der Waals surface area contributed by atoms with Crippen molar-refractivity contribution in [3.63, 3.8) is 0 Å². The minimum absolute atomic E-state index is 0.0268. The summed E-state index contributed by atoms with van der Waals surface area (Å²) in [4.78, 5) is 32.6. The lowest BCUT2D eigenvalue weighted by Gasteiger charge is -2.25. The second kappa shape index (κ2) is 14.2. The van der Waals surface area contributed by atoms with Crippen LogP contribution in [0.1, 0.15) is 62.9 Å². The molecule has 1 heterocycles. The predicted molar refractivity (Wildman–Crippen MR) is 136 cm³/mol. The summed E-state index contributed by atoms with van der Waals surface area (Å²) in [5.41, 5.74) is 0.762. The largest absolute Gasteiger partial charge is 0.508 e. The number of phenolic OH excluding ortho intramolecular Hbond substituents is 2. The van der Waals surface area contributed by atoms with Crippen LogP contribution in [-0.4, -0.2) is 59.0 Å². The summed E-state index contributed by atoms with van der Waals surface area (Å²) in [5, 5.41) is 24.5. The highest BCUT2D eigenvalue weighted by molar-refractivity contribution is 6.00. The predicted octanol–water partition coefficient (Wildman–Crippen LogP) is 4.61. The Bertz CT molecular complexity index is 939. The van der Waals surface area contributed by atoms with Crippen molar-refractivity contribution in [3.05, 3.63) is 47.6 Å². The third-order valence-electron chi connectivity index (χ3n) is 5.15. The average molecular weight is 487 g/mol. The molecule has 0 atom stereocenters. The van der Waals surface area contributed by atoms with Gasteiger partial charge in [0.1, 0.15) is 17.1 Å². The van der Waals surface area contributed by atoms with Gasteiger partial charge in [-0.3, -0.25) is 4.79 Å². The molecule has 8 heteroatoms. The maximum atomic E-state index is 12.7. The zero-order chi connectivity index (χ0) is 25.8. The summed E-state index contributed by atoms with van der Waals surface area (Å²) < 4.78 is 5.30. The Labute approximate surface area is 207 Å². The van der Waals surface area contributed by atoms with Crippen molar-refractivity contribution in [3.8, 4) is 11.5 Å². The number of carbonyl (C=O) groups is 2. The highest BCUT2D eigenvalue weighted by Crippen LogP contribution is 2.29. The Balaban J connectivity index is 2.27. The average Bonchev–Trinajstić information content (AvgIpc) is 2.75. The molecule has 0 saturated carbocycles. The highest BCUT2D eigenvalue weighted by atomic mass is 16.6. The monoisotopic (exact) mass is 486 g/mol. The van der Waals surface area contributed by atoms with E-state index in [1.165, 1.54) is 6.07 Å². The number of fused-ring (bicyclic) bond motifs is 1. The van der Waals surface area contributed by atoms with Gasteiger partial charge in [-0.1, -0.05) is 51.1 Å². The first kappa shape index (κ1) is 28.0. The van der Waals surface area contributed by atoms with E-state index in [4.69, 9.17) is 9.57 Å². The van der Waals surface area contributed by atoms with Crippen molar-refractivity contribution in [2.24, 2.45) is 17.0 Å². The fraction of sp³-hybridized carbons (Fsp3) is 0.519. The molecule has 1 aromatic rings. The topological polar surface area (TPSA) is 109 Å². The first-order valence-electron chi connectivity index (χ1n) is 12.2.